The van der Waals surface area contributed by atoms with E-state index >= 15 is 0 Å². The molecule has 0 saturated heterocycles. The van der Waals surface area contributed by atoms with Crippen LogP contribution in [0, 0.1) is 11.6 Å². The Morgan fingerprint density at radius 2 is 1.88 bits per heavy atom. The van der Waals surface area contributed by atoms with Gasteiger partial charge in [-0.1, -0.05) is 0 Å². The van der Waals surface area contributed by atoms with E-state index in [1.165, 1.54) is 12.1 Å². The Morgan fingerprint density at radius 1 is 1.04 bits per heavy atom. The Hall–Kier alpha value is -3.22. The molecule has 0 atom stereocenters. The van der Waals surface area contributed by atoms with E-state index in [4.69, 9.17) is 14.2 Å². The number of halogens is 2. The highest BCUT2D eigenvalue weighted by atomic mass is 19.1. The van der Waals surface area contributed by atoms with E-state index in [0.29, 0.717) is 17.1 Å². The van der Waals surface area contributed by atoms with Crippen LogP contribution in [0.3, 0.4) is 0 Å². The molecule has 0 spiro atoms. The van der Waals surface area contributed by atoms with Crippen LogP contribution in [0.5, 0.6) is 11.5 Å². The van der Waals surface area contributed by atoms with Crippen LogP contribution in [0.1, 0.15) is 11.1 Å². The fraction of sp³-hybridized carbons (Fsp3) is 0.0588. The van der Waals surface area contributed by atoms with Gasteiger partial charge in [0, 0.05) is 17.2 Å². The highest BCUT2D eigenvalue weighted by Crippen LogP contribution is 2.33. The van der Waals surface area contributed by atoms with Crippen molar-refractivity contribution < 1.29 is 27.8 Å². The van der Waals surface area contributed by atoms with Crippen LogP contribution in [0.2, 0.25) is 0 Å². The summed E-state index contributed by atoms with van der Waals surface area (Å²) in [5.41, 5.74) is 0.489. The van der Waals surface area contributed by atoms with Gasteiger partial charge in [-0.25, -0.2) is 18.6 Å². The summed E-state index contributed by atoms with van der Waals surface area (Å²) in [5, 5.41) is 0. The number of nitrogens with zero attached hydrogens (tertiary/aromatic N) is 1. The van der Waals surface area contributed by atoms with Gasteiger partial charge in [0.1, 0.15) is 11.6 Å². The third-order valence-electron chi connectivity index (χ3n) is 3.49. The van der Waals surface area contributed by atoms with Crippen LogP contribution in [0.25, 0.3) is 6.08 Å². The third kappa shape index (κ3) is 2.50. The second kappa shape index (κ2) is 5.45. The largest absolute Gasteiger partial charge is 0.454 e. The summed E-state index contributed by atoms with van der Waals surface area (Å²) >= 11 is 0. The van der Waals surface area contributed by atoms with Crippen molar-refractivity contribution in [3.05, 3.63) is 64.9 Å². The van der Waals surface area contributed by atoms with Gasteiger partial charge < -0.3 is 14.2 Å². The van der Waals surface area contributed by atoms with Gasteiger partial charge in [-0.2, -0.15) is 0 Å². The summed E-state index contributed by atoms with van der Waals surface area (Å²) in [4.78, 5) is 16.0. The molecule has 2 aromatic carbocycles. The lowest BCUT2D eigenvalue weighted by atomic mass is 10.1. The van der Waals surface area contributed by atoms with Gasteiger partial charge in [0.15, 0.2) is 17.2 Å². The number of cyclic esters (lactones) is 1. The first-order chi connectivity index (χ1) is 11.6. The molecule has 0 aromatic heterocycles. The molecule has 5 nitrogen and oxygen atoms in total. The molecule has 24 heavy (non-hydrogen) atoms. The molecule has 7 heteroatoms. The van der Waals surface area contributed by atoms with E-state index in [1.807, 2.05) is 0 Å². The summed E-state index contributed by atoms with van der Waals surface area (Å²) in [6.07, 6.45) is 1.21. The van der Waals surface area contributed by atoms with Crippen molar-refractivity contribution >= 4 is 17.9 Å². The summed E-state index contributed by atoms with van der Waals surface area (Å²) < 4.78 is 42.2. The maximum absolute atomic E-state index is 13.7. The van der Waals surface area contributed by atoms with Crippen molar-refractivity contribution in [2.24, 2.45) is 4.99 Å². The topological polar surface area (TPSA) is 57.1 Å². The van der Waals surface area contributed by atoms with Crippen LogP contribution in [-0.4, -0.2) is 18.7 Å². The van der Waals surface area contributed by atoms with Crippen molar-refractivity contribution in [1.29, 1.82) is 0 Å². The molecule has 2 aromatic rings. The van der Waals surface area contributed by atoms with Crippen molar-refractivity contribution in [3.8, 4) is 11.5 Å². The highest BCUT2D eigenvalue weighted by molar-refractivity contribution is 6.13. The van der Waals surface area contributed by atoms with Gasteiger partial charge in [-0.05, 0) is 36.4 Å². The standard InChI is InChI=1S/C17H9F2NO4/c18-11-3-1-9(12(19)7-11)5-13-17(21)24-16(20-13)10-2-4-14-15(6-10)23-8-22-14/h1-7H,8H2/b13-5-. The quantitative estimate of drug-likeness (QED) is 0.628. The smallest absolute Gasteiger partial charge is 0.363 e. The number of carbonyl (C=O) groups excluding carboxylic acids is 1. The predicted molar refractivity (Wildman–Crippen MR) is 79.5 cm³/mol. The van der Waals surface area contributed by atoms with Crippen LogP contribution in [0.15, 0.2) is 47.1 Å². The Labute approximate surface area is 134 Å². The zero-order chi connectivity index (χ0) is 16.7. The number of aliphatic imine (C=N–C) groups is 1. The molecule has 2 aliphatic rings. The summed E-state index contributed by atoms with van der Waals surface area (Å²) in [6.45, 7) is 0.125. The monoisotopic (exact) mass is 329 g/mol. The molecule has 2 aliphatic heterocycles. The third-order valence-corrected chi connectivity index (χ3v) is 3.49. The fourth-order valence-corrected chi connectivity index (χ4v) is 2.33. The van der Waals surface area contributed by atoms with Gasteiger partial charge in [0.25, 0.3) is 0 Å². The molecule has 0 fully saturated rings. The normalized spacial score (nSPS) is 17.2. The molecule has 4 rings (SSSR count). The molecule has 0 aliphatic carbocycles. The minimum absolute atomic E-state index is 0.0408. The lowest BCUT2D eigenvalue weighted by Crippen LogP contribution is -2.05. The molecule has 0 bridgehead atoms. The van der Waals surface area contributed by atoms with Crippen molar-refractivity contribution in [2.75, 3.05) is 6.79 Å². The summed E-state index contributed by atoms with van der Waals surface area (Å²) in [6, 6.07) is 8.03. The van der Waals surface area contributed by atoms with Crippen LogP contribution >= 0.6 is 0 Å². The Morgan fingerprint density at radius 3 is 2.71 bits per heavy atom. The molecular weight excluding hydrogens is 320 g/mol. The zero-order valence-corrected chi connectivity index (χ0v) is 12.1. The number of fused-ring (bicyclic) bond motifs is 1. The minimum Gasteiger partial charge on any atom is -0.454 e. The van der Waals surface area contributed by atoms with E-state index < -0.39 is 17.6 Å². The maximum atomic E-state index is 13.7. The minimum atomic E-state index is -0.790. The van der Waals surface area contributed by atoms with Crippen molar-refractivity contribution in [3.63, 3.8) is 0 Å². The van der Waals surface area contributed by atoms with Crippen molar-refractivity contribution in [2.45, 2.75) is 0 Å². The lowest BCUT2D eigenvalue weighted by molar-refractivity contribution is -0.129. The molecule has 0 unspecified atom stereocenters. The SMILES string of the molecule is O=C1OC(c2ccc3c(c2)OCO3)=N/C1=C\c1ccc(F)cc1F. The number of esters is 1. The summed E-state index contributed by atoms with van der Waals surface area (Å²) in [7, 11) is 0. The molecule has 0 saturated carbocycles. The molecule has 120 valence electrons. The molecule has 2 heterocycles. The number of hydrogen-bond acceptors (Lipinski definition) is 5. The average Bonchev–Trinajstić information content (AvgIpc) is 3.16. The Kier molecular flexibility index (Phi) is 3.26. The van der Waals surface area contributed by atoms with Crippen LogP contribution < -0.4 is 9.47 Å². The molecule has 0 N–H and O–H groups in total. The predicted octanol–water partition coefficient (Wildman–Crippen LogP) is 3.04. The lowest BCUT2D eigenvalue weighted by Gasteiger charge is -2.01. The van der Waals surface area contributed by atoms with Gasteiger partial charge >= 0.3 is 5.97 Å². The second-order valence-electron chi connectivity index (χ2n) is 5.07. The number of rotatable bonds is 2. The first-order valence-electron chi connectivity index (χ1n) is 6.98. The fourth-order valence-electron chi connectivity index (χ4n) is 2.33. The van der Waals surface area contributed by atoms with E-state index in [9.17, 15) is 13.6 Å². The molecule has 0 radical (unpaired) electrons. The number of benzene rings is 2. The Balaban J connectivity index is 1.68. The number of carbonyl (C=O) groups is 1. The second-order valence-corrected chi connectivity index (χ2v) is 5.07. The van der Waals surface area contributed by atoms with Gasteiger partial charge in [-0.3, -0.25) is 0 Å². The average molecular weight is 329 g/mol. The number of hydrogen-bond donors (Lipinski definition) is 0. The highest BCUT2D eigenvalue weighted by Gasteiger charge is 2.26. The van der Waals surface area contributed by atoms with Gasteiger partial charge in [-0.15, -0.1) is 0 Å². The first-order valence-corrected chi connectivity index (χ1v) is 6.98. The maximum Gasteiger partial charge on any atom is 0.363 e. The Bertz CT molecular complexity index is 921. The molecular formula is C17H9F2NO4. The van der Waals surface area contributed by atoms with E-state index in [2.05, 4.69) is 4.99 Å². The first kappa shape index (κ1) is 14.4. The van der Waals surface area contributed by atoms with Crippen molar-refractivity contribution in [1.82, 2.24) is 0 Å². The van der Waals surface area contributed by atoms with Gasteiger partial charge in [0.2, 0.25) is 12.7 Å². The van der Waals surface area contributed by atoms with Crippen LogP contribution in [0.4, 0.5) is 8.78 Å². The van der Waals surface area contributed by atoms with Gasteiger partial charge in [0.05, 0.1) is 0 Å². The van der Waals surface area contributed by atoms with E-state index in [-0.39, 0.29) is 24.0 Å². The summed E-state index contributed by atoms with van der Waals surface area (Å²) in [5.74, 6) is -1.02. The van der Waals surface area contributed by atoms with Crippen LogP contribution in [-0.2, 0) is 9.53 Å². The zero-order valence-electron chi connectivity index (χ0n) is 12.1. The molecule has 0 amide bonds. The van der Waals surface area contributed by atoms with E-state index in [0.717, 1.165) is 12.1 Å². The van der Waals surface area contributed by atoms with E-state index in [1.54, 1.807) is 18.2 Å². The number of ether oxygens (including phenoxy) is 3.